The zero-order valence-electron chi connectivity index (χ0n) is 17.5. The summed E-state index contributed by atoms with van der Waals surface area (Å²) in [5.41, 5.74) is 1.71. The van der Waals surface area contributed by atoms with E-state index >= 15 is 0 Å². The van der Waals surface area contributed by atoms with Crippen LogP contribution in [-0.2, 0) is 16.1 Å². The molecule has 1 amide bonds. The van der Waals surface area contributed by atoms with Gasteiger partial charge >= 0.3 is 6.09 Å². The third-order valence-electron chi connectivity index (χ3n) is 4.56. The van der Waals surface area contributed by atoms with Crippen LogP contribution in [0.3, 0.4) is 0 Å². The number of amides is 1. The van der Waals surface area contributed by atoms with Crippen LogP contribution in [0.5, 0.6) is 0 Å². The fraction of sp³-hybridized carbons (Fsp3) is 0.409. The van der Waals surface area contributed by atoms with Gasteiger partial charge < -0.3 is 14.8 Å². The van der Waals surface area contributed by atoms with Gasteiger partial charge in [0.15, 0.2) is 0 Å². The van der Waals surface area contributed by atoms with Crippen molar-refractivity contribution in [3.63, 3.8) is 0 Å². The van der Waals surface area contributed by atoms with Gasteiger partial charge in [-0.1, -0.05) is 44.2 Å². The number of non-ortho nitro benzene ring substituents is 1. The summed E-state index contributed by atoms with van der Waals surface area (Å²) in [5.74, 6) is 0.227. The van der Waals surface area contributed by atoms with Crippen LogP contribution in [0.1, 0.15) is 32.8 Å². The van der Waals surface area contributed by atoms with E-state index in [1.54, 1.807) is 12.1 Å². The van der Waals surface area contributed by atoms with Gasteiger partial charge in [-0.3, -0.25) is 15.4 Å². The molecule has 2 N–H and O–H groups in total. The van der Waals surface area contributed by atoms with Crippen molar-refractivity contribution < 1.29 is 19.2 Å². The van der Waals surface area contributed by atoms with Gasteiger partial charge in [-0.25, -0.2) is 4.79 Å². The van der Waals surface area contributed by atoms with Crippen molar-refractivity contribution in [2.75, 3.05) is 11.9 Å². The molecule has 8 heteroatoms. The SMILES string of the molecule is CCOC(C[C@H](Nc1ccc([N+](=O)[O-])cc1)C(C)C)NC(=O)OCc1ccccc1. The number of alkyl carbamates (subject to hydrolysis) is 1. The number of hydrogen-bond donors (Lipinski definition) is 2. The molecule has 0 saturated heterocycles. The second-order valence-electron chi connectivity index (χ2n) is 7.18. The zero-order chi connectivity index (χ0) is 21.9. The second kappa shape index (κ2) is 11.8. The van der Waals surface area contributed by atoms with Gasteiger partial charge in [0.1, 0.15) is 12.8 Å². The lowest BCUT2D eigenvalue weighted by Crippen LogP contribution is -2.42. The number of nitrogens with zero attached hydrogens (tertiary/aromatic N) is 1. The summed E-state index contributed by atoms with van der Waals surface area (Å²) in [7, 11) is 0. The van der Waals surface area contributed by atoms with Crippen LogP contribution in [0.2, 0.25) is 0 Å². The van der Waals surface area contributed by atoms with E-state index in [0.717, 1.165) is 11.3 Å². The Labute approximate surface area is 176 Å². The highest BCUT2D eigenvalue weighted by Crippen LogP contribution is 2.20. The number of nitro benzene ring substituents is 1. The maximum Gasteiger partial charge on any atom is 0.409 e. The first-order valence-electron chi connectivity index (χ1n) is 9.98. The number of anilines is 1. The number of benzene rings is 2. The van der Waals surface area contributed by atoms with Gasteiger partial charge in [0.2, 0.25) is 0 Å². The van der Waals surface area contributed by atoms with E-state index < -0.39 is 17.2 Å². The summed E-state index contributed by atoms with van der Waals surface area (Å²) in [6.45, 7) is 6.59. The minimum absolute atomic E-state index is 0.0302. The molecular formula is C22H29N3O5. The highest BCUT2D eigenvalue weighted by atomic mass is 16.6. The molecule has 0 aromatic heterocycles. The number of hydrogen-bond acceptors (Lipinski definition) is 6. The molecule has 0 saturated carbocycles. The molecule has 162 valence electrons. The van der Waals surface area contributed by atoms with E-state index in [4.69, 9.17) is 9.47 Å². The lowest BCUT2D eigenvalue weighted by Gasteiger charge is -2.28. The molecule has 0 aliphatic rings. The predicted octanol–water partition coefficient (Wildman–Crippen LogP) is 4.71. The van der Waals surface area contributed by atoms with Gasteiger partial charge in [0.25, 0.3) is 5.69 Å². The highest BCUT2D eigenvalue weighted by Gasteiger charge is 2.22. The maximum atomic E-state index is 12.2. The Morgan fingerprint density at radius 1 is 1.10 bits per heavy atom. The molecule has 2 aromatic rings. The largest absolute Gasteiger partial charge is 0.445 e. The summed E-state index contributed by atoms with van der Waals surface area (Å²) in [6.07, 6.45) is -0.575. The van der Waals surface area contributed by atoms with Crippen LogP contribution in [0, 0.1) is 16.0 Å². The monoisotopic (exact) mass is 415 g/mol. The zero-order valence-corrected chi connectivity index (χ0v) is 17.5. The average molecular weight is 415 g/mol. The summed E-state index contributed by atoms with van der Waals surface area (Å²) in [6, 6.07) is 15.7. The molecule has 0 fully saturated rings. The molecule has 0 bridgehead atoms. The average Bonchev–Trinajstić information content (AvgIpc) is 2.73. The van der Waals surface area contributed by atoms with Crippen LogP contribution in [0.25, 0.3) is 0 Å². The van der Waals surface area contributed by atoms with E-state index in [9.17, 15) is 14.9 Å². The molecule has 0 aliphatic carbocycles. The van der Waals surface area contributed by atoms with Gasteiger partial charge in [-0.2, -0.15) is 0 Å². The number of carbonyl (C=O) groups is 1. The molecule has 30 heavy (non-hydrogen) atoms. The van der Waals surface area contributed by atoms with Crippen LogP contribution < -0.4 is 10.6 Å². The van der Waals surface area contributed by atoms with Crippen LogP contribution in [0.4, 0.5) is 16.2 Å². The first-order valence-corrected chi connectivity index (χ1v) is 9.98. The van der Waals surface area contributed by atoms with Crippen molar-refractivity contribution in [1.82, 2.24) is 5.32 Å². The predicted molar refractivity (Wildman–Crippen MR) is 115 cm³/mol. The van der Waals surface area contributed by atoms with E-state index in [1.165, 1.54) is 12.1 Å². The fourth-order valence-corrected chi connectivity index (χ4v) is 2.89. The number of carbonyl (C=O) groups excluding carboxylic acids is 1. The Kier molecular flexibility index (Phi) is 9.08. The molecule has 2 rings (SSSR count). The summed E-state index contributed by atoms with van der Waals surface area (Å²) >= 11 is 0. The number of nitro groups is 1. The van der Waals surface area contributed by atoms with E-state index in [2.05, 4.69) is 24.5 Å². The molecule has 2 atom stereocenters. The third kappa shape index (κ3) is 7.71. The van der Waals surface area contributed by atoms with Crippen molar-refractivity contribution in [3.05, 3.63) is 70.3 Å². The molecule has 0 aliphatic heterocycles. The molecule has 8 nitrogen and oxygen atoms in total. The molecule has 0 heterocycles. The molecule has 0 radical (unpaired) electrons. The lowest BCUT2D eigenvalue weighted by atomic mass is 9.99. The van der Waals surface area contributed by atoms with Crippen LogP contribution >= 0.6 is 0 Å². The summed E-state index contributed by atoms with van der Waals surface area (Å²) in [4.78, 5) is 22.6. The smallest absolute Gasteiger partial charge is 0.409 e. The first-order chi connectivity index (χ1) is 14.4. The molecule has 2 aromatic carbocycles. The number of ether oxygens (including phenoxy) is 2. The topological polar surface area (TPSA) is 103 Å². The normalized spacial score (nSPS) is 12.8. The van der Waals surface area contributed by atoms with Crippen molar-refractivity contribution in [1.29, 1.82) is 0 Å². The Bertz CT molecular complexity index is 796. The van der Waals surface area contributed by atoms with Gasteiger partial charge in [-0.15, -0.1) is 0 Å². The van der Waals surface area contributed by atoms with Crippen LogP contribution in [0.15, 0.2) is 54.6 Å². The Morgan fingerprint density at radius 2 is 1.77 bits per heavy atom. The van der Waals surface area contributed by atoms with Gasteiger partial charge in [0, 0.05) is 36.9 Å². The van der Waals surface area contributed by atoms with E-state index in [-0.39, 0.29) is 24.3 Å². The quantitative estimate of drug-likeness (QED) is 0.313. The standard InChI is InChI=1S/C22H29N3O5/c1-4-29-21(24-22(26)30-15-17-8-6-5-7-9-17)14-20(16(2)3)23-18-10-12-19(13-11-18)25(27)28/h5-13,16,20-21,23H,4,14-15H2,1-3H3,(H,24,26)/t20-,21?/m0/s1. The second-order valence-corrected chi connectivity index (χ2v) is 7.18. The minimum atomic E-state index is -0.546. The van der Waals surface area contributed by atoms with Crippen molar-refractivity contribution in [3.8, 4) is 0 Å². The molecular weight excluding hydrogens is 386 g/mol. The number of nitrogens with one attached hydrogen (secondary N) is 2. The molecule has 1 unspecified atom stereocenters. The Morgan fingerprint density at radius 3 is 2.33 bits per heavy atom. The van der Waals surface area contributed by atoms with E-state index in [1.807, 2.05) is 37.3 Å². The maximum absolute atomic E-state index is 12.2. The lowest BCUT2D eigenvalue weighted by molar-refractivity contribution is -0.384. The summed E-state index contributed by atoms with van der Waals surface area (Å²) in [5, 5.41) is 17.0. The van der Waals surface area contributed by atoms with Crippen molar-refractivity contribution in [2.45, 2.75) is 46.1 Å². The van der Waals surface area contributed by atoms with Gasteiger partial charge in [-0.05, 0) is 30.5 Å². The molecule has 0 spiro atoms. The van der Waals surface area contributed by atoms with Crippen molar-refractivity contribution >= 4 is 17.5 Å². The Balaban J connectivity index is 1.94. The fourth-order valence-electron chi connectivity index (χ4n) is 2.89. The summed E-state index contributed by atoms with van der Waals surface area (Å²) < 4.78 is 11.0. The minimum Gasteiger partial charge on any atom is -0.445 e. The van der Waals surface area contributed by atoms with Crippen molar-refractivity contribution in [2.24, 2.45) is 5.92 Å². The first kappa shape index (κ1) is 23.2. The third-order valence-corrected chi connectivity index (χ3v) is 4.56. The van der Waals surface area contributed by atoms with Gasteiger partial charge in [0.05, 0.1) is 4.92 Å². The van der Waals surface area contributed by atoms with E-state index in [0.29, 0.717) is 13.0 Å². The number of rotatable bonds is 11. The van der Waals surface area contributed by atoms with Crippen LogP contribution in [-0.4, -0.2) is 29.9 Å². The highest BCUT2D eigenvalue weighted by molar-refractivity contribution is 5.67. The Hall–Kier alpha value is -3.13.